The molecule has 0 bridgehead atoms. The van der Waals surface area contributed by atoms with Gasteiger partial charge in [-0.3, -0.25) is 9.78 Å². The Kier molecular flexibility index (Phi) is 6.67. The van der Waals surface area contributed by atoms with Crippen molar-refractivity contribution in [2.45, 2.75) is 38.3 Å². The molecule has 7 heteroatoms. The summed E-state index contributed by atoms with van der Waals surface area (Å²) in [6, 6.07) is 5.80. The van der Waals surface area contributed by atoms with Gasteiger partial charge in [0.15, 0.2) is 0 Å². The molecule has 0 spiro atoms. The van der Waals surface area contributed by atoms with Crippen molar-refractivity contribution in [3.05, 3.63) is 41.7 Å². The molecule has 2 aliphatic rings. The fourth-order valence-electron chi connectivity index (χ4n) is 5.14. The Morgan fingerprint density at radius 2 is 2.06 bits per heavy atom. The second-order valence-electron chi connectivity index (χ2n) is 9.08. The topological polar surface area (TPSA) is 69.1 Å². The second kappa shape index (κ2) is 9.46. The minimum absolute atomic E-state index is 0.0355. The Bertz CT molecular complexity index is 957. The van der Waals surface area contributed by atoms with Gasteiger partial charge < -0.3 is 24.5 Å². The number of fused-ring (bicyclic) bond motifs is 1. The molecule has 32 heavy (non-hydrogen) atoms. The lowest BCUT2D eigenvalue weighted by Gasteiger charge is -2.30. The molecular weight excluding hydrogens is 404 g/mol. The Balaban J connectivity index is 1.87. The molecule has 0 amide bonds. The van der Waals surface area contributed by atoms with Gasteiger partial charge in [0, 0.05) is 54.9 Å². The number of esters is 1. The van der Waals surface area contributed by atoms with Crippen molar-refractivity contribution in [2.24, 2.45) is 0 Å². The van der Waals surface area contributed by atoms with E-state index >= 15 is 0 Å². The van der Waals surface area contributed by atoms with Crippen LogP contribution in [-0.2, 0) is 16.1 Å². The molecule has 1 aromatic heterocycles. The molecule has 2 unspecified atom stereocenters. The number of pyridine rings is 1. The number of benzene rings is 1. The van der Waals surface area contributed by atoms with Crippen LogP contribution in [0.2, 0.25) is 0 Å². The minimum Gasteiger partial charge on any atom is -0.507 e. The summed E-state index contributed by atoms with van der Waals surface area (Å²) in [7, 11) is 6.01. The molecule has 0 saturated carbocycles. The highest BCUT2D eigenvalue weighted by Crippen LogP contribution is 2.49. The molecule has 4 rings (SSSR count). The van der Waals surface area contributed by atoms with E-state index in [4.69, 9.17) is 4.74 Å². The van der Waals surface area contributed by atoms with Crippen molar-refractivity contribution >= 4 is 11.7 Å². The molecule has 2 aromatic rings. The fraction of sp³-hybridized carbons (Fsp3) is 0.520. The number of hydrogen-bond donors (Lipinski definition) is 1. The Morgan fingerprint density at radius 1 is 1.31 bits per heavy atom. The number of likely N-dealkylation sites (N-methyl/N-ethyl adjacent to an activating group) is 1. The number of nitrogens with zero attached hydrogens (tertiary/aromatic N) is 4. The van der Waals surface area contributed by atoms with Gasteiger partial charge in [0.25, 0.3) is 0 Å². The van der Waals surface area contributed by atoms with Gasteiger partial charge in [-0.15, -0.1) is 0 Å². The average molecular weight is 439 g/mol. The maximum Gasteiger partial charge on any atom is 0.315 e. The number of phenols is 1. The molecule has 7 nitrogen and oxygen atoms in total. The number of carbonyl (C=O) groups excluding carboxylic acids is 1. The molecule has 172 valence electrons. The van der Waals surface area contributed by atoms with Crippen LogP contribution in [0.15, 0.2) is 30.6 Å². The van der Waals surface area contributed by atoms with Crippen LogP contribution < -0.4 is 4.90 Å². The first-order valence-electron chi connectivity index (χ1n) is 11.5. The van der Waals surface area contributed by atoms with E-state index in [-0.39, 0.29) is 17.8 Å². The number of aromatic nitrogens is 1. The summed E-state index contributed by atoms with van der Waals surface area (Å²) in [4.78, 5) is 24.2. The van der Waals surface area contributed by atoms with E-state index in [1.165, 1.54) is 12.8 Å². The average Bonchev–Trinajstić information content (AvgIpc) is 3.38. The van der Waals surface area contributed by atoms with Gasteiger partial charge in [-0.1, -0.05) is 6.07 Å². The first-order chi connectivity index (χ1) is 15.4. The van der Waals surface area contributed by atoms with E-state index in [1.807, 2.05) is 44.1 Å². The minimum atomic E-state index is -0.431. The van der Waals surface area contributed by atoms with E-state index in [0.717, 1.165) is 47.6 Å². The molecule has 3 heterocycles. The van der Waals surface area contributed by atoms with E-state index in [1.54, 1.807) is 12.4 Å². The zero-order valence-corrected chi connectivity index (χ0v) is 19.5. The monoisotopic (exact) mass is 438 g/mol. The van der Waals surface area contributed by atoms with Gasteiger partial charge in [0.05, 0.1) is 12.6 Å². The first kappa shape index (κ1) is 22.6. The third-order valence-corrected chi connectivity index (χ3v) is 6.63. The van der Waals surface area contributed by atoms with Gasteiger partial charge in [-0.05, 0) is 64.6 Å². The summed E-state index contributed by atoms with van der Waals surface area (Å²) in [6.45, 7) is 5.64. The summed E-state index contributed by atoms with van der Waals surface area (Å²) < 4.78 is 5.55. The van der Waals surface area contributed by atoms with Crippen molar-refractivity contribution in [1.82, 2.24) is 14.8 Å². The molecule has 2 atom stereocenters. The summed E-state index contributed by atoms with van der Waals surface area (Å²) in [5, 5.41) is 11.4. The lowest BCUT2D eigenvalue weighted by Crippen LogP contribution is -2.43. The summed E-state index contributed by atoms with van der Waals surface area (Å²) in [6.07, 6.45) is 5.89. The van der Waals surface area contributed by atoms with Crippen LogP contribution in [-0.4, -0.2) is 79.3 Å². The van der Waals surface area contributed by atoms with E-state index < -0.39 is 5.92 Å². The Morgan fingerprint density at radius 3 is 2.69 bits per heavy atom. The number of rotatable bonds is 7. The molecule has 1 saturated heterocycles. The normalized spacial score (nSPS) is 20.7. The van der Waals surface area contributed by atoms with Crippen molar-refractivity contribution in [1.29, 1.82) is 0 Å². The van der Waals surface area contributed by atoms with Gasteiger partial charge in [0.2, 0.25) is 0 Å². The quantitative estimate of drug-likeness (QED) is 0.666. The zero-order valence-electron chi connectivity index (χ0n) is 19.5. The standard InChI is InChI=1S/C25H34N4O3/c1-5-32-25(31)23-21(16-29-11-6-7-12-29)28(4)20-13-18(17-9-8-10-26-14-17)24(30)19(22(20)23)15-27(2)3/h8-10,13-14,21,23,30H,5-7,11-12,15-16H2,1-4H3. The van der Waals surface area contributed by atoms with Crippen LogP contribution >= 0.6 is 0 Å². The lowest BCUT2D eigenvalue weighted by atomic mass is 9.88. The Hall–Kier alpha value is -2.64. The first-order valence-corrected chi connectivity index (χ1v) is 11.5. The molecule has 0 aliphatic carbocycles. The van der Waals surface area contributed by atoms with E-state index in [0.29, 0.717) is 13.2 Å². The van der Waals surface area contributed by atoms with Gasteiger partial charge in [-0.2, -0.15) is 0 Å². The van der Waals surface area contributed by atoms with Crippen LogP contribution in [0.4, 0.5) is 5.69 Å². The zero-order chi connectivity index (χ0) is 22.8. The largest absolute Gasteiger partial charge is 0.507 e. The van der Waals surface area contributed by atoms with Crippen LogP contribution in [0.1, 0.15) is 36.8 Å². The molecule has 1 aromatic carbocycles. The maximum atomic E-state index is 13.3. The predicted molar refractivity (Wildman–Crippen MR) is 126 cm³/mol. The smallest absolute Gasteiger partial charge is 0.315 e. The lowest BCUT2D eigenvalue weighted by molar-refractivity contribution is -0.145. The number of anilines is 1. The van der Waals surface area contributed by atoms with Crippen molar-refractivity contribution < 1.29 is 14.6 Å². The van der Waals surface area contributed by atoms with E-state index in [9.17, 15) is 9.90 Å². The van der Waals surface area contributed by atoms with Crippen LogP contribution in [0, 0.1) is 0 Å². The number of hydrogen-bond acceptors (Lipinski definition) is 7. The summed E-state index contributed by atoms with van der Waals surface area (Å²) in [5.74, 6) is -0.426. The molecule has 1 fully saturated rings. The maximum absolute atomic E-state index is 13.3. The molecule has 0 radical (unpaired) electrons. The highest BCUT2D eigenvalue weighted by atomic mass is 16.5. The summed E-state index contributed by atoms with van der Waals surface area (Å²) in [5.41, 5.74) is 4.27. The van der Waals surface area contributed by atoms with Crippen molar-refractivity contribution in [3.8, 4) is 16.9 Å². The summed E-state index contributed by atoms with van der Waals surface area (Å²) >= 11 is 0. The highest BCUT2D eigenvalue weighted by molar-refractivity contribution is 5.90. The van der Waals surface area contributed by atoms with Crippen molar-refractivity contribution in [2.75, 3.05) is 52.3 Å². The molecule has 2 aliphatic heterocycles. The Labute approximate surface area is 190 Å². The van der Waals surface area contributed by atoms with Crippen LogP contribution in [0.25, 0.3) is 11.1 Å². The van der Waals surface area contributed by atoms with E-state index in [2.05, 4.69) is 21.8 Å². The molecule has 1 N–H and O–H groups in total. The van der Waals surface area contributed by atoms with Gasteiger partial charge in [-0.25, -0.2) is 0 Å². The molecular formula is C25H34N4O3. The highest BCUT2D eigenvalue weighted by Gasteiger charge is 2.45. The fourth-order valence-corrected chi connectivity index (χ4v) is 5.14. The number of carbonyl (C=O) groups is 1. The van der Waals surface area contributed by atoms with Gasteiger partial charge >= 0.3 is 5.97 Å². The van der Waals surface area contributed by atoms with Crippen LogP contribution in [0.5, 0.6) is 5.75 Å². The van der Waals surface area contributed by atoms with Gasteiger partial charge in [0.1, 0.15) is 11.7 Å². The number of ether oxygens (including phenoxy) is 1. The number of aromatic hydroxyl groups is 1. The predicted octanol–water partition coefficient (Wildman–Crippen LogP) is 3.08. The second-order valence-corrected chi connectivity index (χ2v) is 9.08. The third-order valence-electron chi connectivity index (χ3n) is 6.63. The van der Waals surface area contributed by atoms with Crippen LogP contribution in [0.3, 0.4) is 0 Å². The number of likely N-dealkylation sites (tertiary alicyclic amines) is 1. The SMILES string of the molecule is CCOC(=O)C1c2c(cc(-c3cccnc3)c(O)c2CN(C)C)N(C)C1CN1CCCC1. The van der Waals surface area contributed by atoms with Crippen molar-refractivity contribution in [3.63, 3.8) is 0 Å². The number of phenolic OH excluding ortho intramolecular Hbond substituents is 1. The third kappa shape index (κ3) is 4.19.